The van der Waals surface area contributed by atoms with Crippen molar-refractivity contribution in [1.29, 1.82) is 0 Å². The van der Waals surface area contributed by atoms with E-state index in [0.29, 0.717) is 29.5 Å². The van der Waals surface area contributed by atoms with Crippen LogP contribution in [0.3, 0.4) is 0 Å². The second kappa shape index (κ2) is 10.1. The molecule has 0 aliphatic carbocycles. The first-order valence-corrected chi connectivity index (χ1v) is 10.3. The van der Waals surface area contributed by atoms with Crippen molar-refractivity contribution >= 4 is 17.4 Å². The summed E-state index contributed by atoms with van der Waals surface area (Å²) < 4.78 is 15.9. The van der Waals surface area contributed by atoms with Gasteiger partial charge in [-0.1, -0.05) is 12.1 Å². The molecular weight excluding hydrogens is 382 g/mol. The number of rotatable bonds is 8. The van der Waals surface area contributed by atoms with Crippen LogP contribution in [0.15, 0.2) is 30.3 Å². The van der Waals surface area contributed by atoms with Crippen LogP contribution in [-0.2, 0) is 12.8 Å². The van der Waals surface area contributed by atoms with E-state index in [1.807, 2.05) is 0 Å². The Hall–Kier alpha value is -3.09. The van der Waals surface area contributed by atoms with Gasteiger partial charge in [-0.05, 0) is 43.4 Å². The molecule has 0 unspecified atom stereocenters. The molecule has 2 aromatic rings. The maximum absolute atomic E-state index is 12.3. The van der Waals surface area contributed by atoms with Crippen molar-refractivity contribution in [3.63, 3.8) is 0 Å². The van der Waals surface area contributed by atoms with Gasteiger partial charge in [0.05, 0.1) is 27.0 Å². The lowest BCUT2D eigenvalue weighted by atomic mass is 9.98. The maximum Gasteiger partial charge on any atom is 0.319 e. The number of hydrogen-bond acceptors (Lipinski definition) is 5. The van der Waals surface area contributed by atoms with E-state index in [4.69, 9.17) is 14.2 Å². The van der Waals surface area contributed by atoms with Crippen LogP contribution < -0.4 is 29.7 Å². The van der Waals surface area contributed by atoms with E-state index in [0.717, 1.165) is 25.9 Å². The van der Waals surface area contributed by atoms with Crippen molar-refractivity contribution in [3.05, 3.63) is 41.5 Å². The number of nitrogens with zero attached hydrogens (tertiary/aromatic N) is 1. The van der Waals surface area contributed by atoms with E-state index in [1.165, 1.54) is 23.2 Å². The highest BCUT2D eigenvalue weighted by Crippen LogP contribution is 2.39. The summed E-state index contributed by atoms with van der Waals surface area (Å²) in [5, 5.41) is 5.73. The number of carbonyl (C=O) groups excluding carboxylic acids is 1. The van der Waals surface area contributed by atoms with Gasteiger partial charge in [0.2, 0.25) is 5.75 Å². The van der Waals surface area contributed by atoms with Crippen LogP contribution >= 0.6 is 0 Å². The normalized spacial score (nSPS) is 12.7. The maximum atomic E-state index is 12.3. The summed E-state index contributed by atoms with van der Waals surface area (Å²) in [5.74, 6) is 1.46. The lowest BCUT2D eigenvalue weighted by Crippen LogP contribution is -2.31. The molecular formula is C23H31N3O4. The SMILES string of the molecule is CCN1CCCc2cc(CCNC(=O)Nc3cc(OC)c(OC)c(OC)c3)ccc21. The van der Waals surface area contributed by atoms with Gasteiger partial charge >= 0.3 is 6.03 Å². The molecule has 1 aliphatic rings. The fourth-order valence-corrected chi connectivity index (χ4v) is 3.86. The number of benzene rings is 2. The van der Waals surface area contributed by atoms with E-state index >= 15 is 0 Å². The van der Waals surface area contributed by atoms with Crippen LogP contribution in [0.2, 0.25) is 0 Å². The van der Waals surface area contributed by atoms with Crippen LogP contribution in [0, 0.1) is 0 Å². The number of carbonyl (C=O) groups is 1. The van der Waals surface area contributed by atoms with Gasteiger partial charge in [-0.2, -0.15) is 0 Å². The van der Waals surface area contributed by atoms with Crippen molar-refractivity contribution in [1.82, 2.24) is 5.32 Å². The van der Waals surface area contributed by atoms with E-state index in [1.54, 1.807) is 33.5 Å². The number of urea groups is 1. The Morgan fingerprint density at radius 3 is 2.43 bits per heavy atom. The monoisotopic (exact) mass is 413 g/mol. The Bertz CT molecular complexity index is 860. The van der Waals surface area contributed by atoms with E-state index in [-0.39, 0.29) is 6.03 Å². The summed E-state index contributed by atoms with van der Waals surface area (Å²) in [6.07, 6.45) is 3.09. The van der Waals surface area contributed by atoms with Gasteiger partial charge in [0.25, 0.3) is 0 Å². The van der Waals surface area contributed by atoms with Gasteiger partial charge in [0.1, 0.15) is 0 Å². The van der Waals surface area contributed by atoms with Crippen molar-refractivity contribution < 1.29 is 19.0 Å². The van der Waals surface area contributed by atoms with Crippen molar-refractivity contribution in [2.45, 2.75) is 26.2 Å². The van der Waals surface area contributed by atoms with Crippen LogP contribution in [0.1, 0.15) is 24.5 Å². The Balaban J connectivity index is 1.57. The molecule has 2 aromatic carbocycles. The Morgan fingerprint density at radius 1 is 1.07 bits per heavy atom. The summed E-state index contributed by atoms with van der Waals surface area (Å²) in [7, 11) is 4.62. The van der Waals surface area contributed by atoms with Crippen molar-refractivity contribution in [3.8, 4) is 17.2 Å². The highest BCUT2D eigenvalue weighted by atomic mass is 16.5. The minimum absolute atomic E-state index is 0.278. The zero-order valence-electron chi connectivity index (χ0n) is 18.2. The largest absolute Gasteiger partial charge is 0.493 e. The smallest absolute Gasteiger partial charge is 0.319 e. The molecule has 2 N–H and O–H groups in total. The molecule has 30 heavy (non-hydrogen) atoms. The molecule has 3 rings (SSSR count). The van der Waals surface area contributed by atoms with Gasteiger partial charge in [-0.3, -0.25) is 0 Å². The molecule has 7 heteroatoms. The van der Waals surface area contributed by atoms with Crippen LogP contribution in [0.4, 0.5) is 16.2 Å². The third kappa shape index (κ3) is 4.90. The molecule has 162 valence electrons. The minimum atomic E-state index is -0.278. The molecule has 0 saturated carbocycles. The van der Waals surface area contributed by atoms with E-state index < -0.39 is 0 Å². The number of ether oxygens (including phenoxy) is 3. The van der Waals surface area contributed by atoms with Gasteiger partial charge < -0.3 is 29.7 Å². The minimum Gasteiger partial charge on any atom is -0.493 e. The molecule has 0 fully saturated rings. The average Bonchev–Trinajstić information content (AvgIpc) is 2.77. The number of hydrogen-bond donors (Lipinski definition) is 2. The number of anilines is 2. The first kappa shape index (κ1) is 21.6. The van der Waals surface area contributed by atoms with Crippen molar-refractivity contribution in [2.24, 2.45) is 0 Å². The second-order valence-electron chi connectivity index (χ2n) is 7.19. The Kier molecular flexibility index (Phi) is 7.27. The molecule has 0 aromatic heterocycles. The number of aryl methyl sites for hydroxylation is 1. The number of fused-ring (bicyclic) bond motifs is 1. The molecule has 7 nitrogen and oxygen atoms in total. The van der Waals surface area contributed by atoms with Gasteiger partial charge in [0.15, 0.2) is 11.5 Å². The Morgan fingerprint density at radius 2 is 1.80 bits per heavy atom. The quantitative estimate of drug-likeness (QED) is 0.688. The molecule has 0 atom stereocenters. The highest BCUT2D eigenvalue weighted by Gasteiger charge is 2.16. The summed E-state index contributed by atoms with van der Waals surface area (Å²) in [5.41, 5.74) is 4.55. The van der Waals surface area contributed by atoms with Crippen LogP contribution in [-0.4, -0.2) is 47.0 Å². The highest BCUT2D eigenvalue weighted by molar-refractivity contribution is 5.90. The summed E-state index contributed by atoms with van der Waals surface area (Å²) in [4.78, 5) is 14.8. The summed E-state index contributed by atoms with van der Waals surface area (Å²) in [6.45, 7) is 4.91. The number of nitrogens with one attached hydrogen (secondary N) is 2. The number of methoxy groups -OCH3 is 3. The van der Waals surface area contributed by atoms with E-state index in [2.05, 4.69) is 40.7 Å². The molecule has 0 radical (unpaired) electrons. The van der Waals surface area contributed by atoms with Gasteiger partial charge in [-0.25, -0.2) is 4.79 Å². The van der Waals surface area contributed by atoms with Gasteiger partial charge in [-0.15, -0.1) is 0 Å². The molecule has 0 spiro atoms. The third-order valence-electron chi connectivity index (χ3n) is 5.36. The zero-order valence-corrected chi connectivity index (χ0v) is 18.2. The predicted octanol–water partition coefficient (Wildman–Crippen LogP) is 3.85. The van der Waals surface area contributed by atoms with Crippen LogP contribution in [0.5, 0.6) is 17.2 Å². The molecule has 1 heterocycles. The van der Waals surface area contributed by atoms with Crippen LogP contribution in [0.25, 0.3) is 0 Å². The van der Waals surface area contributed by atoms with E-state index in [9.17, 15) is 4.79 Å². The topological polar surface area (TPSA) is 72.1 Å². The molecule has 0 saturated heterocycles. The molecule has 1 aliphatic heterocycles. The summed E-state index contributed by atoms with van der Waals surface area (Å²) >= 11 is 0. The predicted molar refractivity (Wildman–Crippen MR) is 119 cm³/mol. The number of amides is 2. The lowest BCUT2D eigenvalue weighted by molar-refractivity contribution is 0.252. The Labute approximate surface area is 178 Å². The first-order chi connectivity index (χ1) is 14.6. The fraction of sp³-hybridized carbons (Fsp3) is 0.435. The zero-order chi connectivity index (χ0) is 21.5. The molecule has 2 amide bonds. The summed E-state index contributed by atoms with van der Waals surface area (Å²) in [6, 6.07) is 9.76. The lowest BCUT2D eigenvalue weighted by Gasteiger charge is -2.30. The van der Waals surface area contributed by atoms with Crippen molar-refractivity contribution in [2.75, 3.05) is 51.2 Å². The third-order valence-corrected chi connectivity index (χ3v) is 5.36. The first-order valence-electron chi connectivity index (χ1n) is 10.3. The standard InChI is InChI=1S/C23H31N3O4/c1-5-26-12-6-7-17-13-16(8-9-19(17)26)10-11-24-23(27)25-18-14-20(28-2)22(30-4)21(15-18)29-3/h8-9,13-15H,5-7,10-12H2,1-4H3,(H2,24,25,27). The molecule has 0 bridgehead atoms. The second-order valence-corrected chi connectivity index (χ2v) is 7.19. The fourth-order valence-electron chi connectivity index (χ4n) is 3.86. The van der Waals surface area contributed by atoms with Gasteiger partial charge in [0, 0.05) is 37.5 Å². The average molecular weight is 414 g/mol.